The van der Waals surface area contributed by atoms with Crippen LogP contribution >= 0.6 is 0 Å². The molecule has 1 rings (SSSR count). The first-order valence-electron chi connectivity index (χ1n) is 7.44. The van der Waals surface area contributed by atoms with Crippen LogP contribution in [0.5, 0.6) is 5.75 Å². The Labute approximate surface area is 132 Å². The van der Waals surface area contributed by atoms with Crippen LogP contribution in [0.4, 0.5) is 0 Å². The van der Waals surface area contributed by atoms with Crippen LogP contribution < -0.4 is 9.46 Å². The number of hydrogen-bond donors (Lipinski definition) is 1. The van der Waals surface area contributed by atoms with E-state index in [2.05, 4.69) is 4.72 Å². The number of benzene rings is 1. The van der Waals surface area contributed by atoms with E-state index in [1.165, 1.54) is 12.1 Å². The molecule has 6 nitrogen and oxygen atoms in total. The molecule has 0 unspecified atom stereocenters. The first kappa shape index (κ1) is 18.4. The summed E-state index contributed by atoms with van der Waals surface area (Å²) in [5, 5.41) is 0. The van der Waals surface area contributed by atoms with Gasteiger partial charge in [0, 0.05) is 26.1 Å². The first-order valence-corrected chi connectivity index (χ1v) is 8.93. The zero-order valence-electron chi connectivity index (χ0n) is 13.3. The van der Waals surface area contributed by atoms with Crippen molar-refractivity contribution in [3.05, 3.63) is 24.3 Å². The maximum absolute atomic E-state index is 12.1. The smallest absolute Gasteiger partial charge is 0.240 e. The molecule has 22 heavy (non-hydrogen) atoms. The molecule has 7 heteroatoms. The summed E-state index contributed by atoms with van der Waals surface area (Å²) in [5.41, 5.74) is 0. The van der Waals surface area contributed by atoms with E-state index < -0.39 is 10.0 Å². The van der Waals surface area contributed by atoms with Gasteiger partial charge in [0.25, 0.3) is 0 Å². The van der Waals surface area contributed by atoms with Gasteiger partial charge < -0.3 is 9.64 Å². The van der Waals surface area contributed by atoms with Gasteiger partial charge in [0.1, 0.15) is 5.75 Å². The molecule has 0 spiro atoms. The molecule has 124 valence electrons. The highest BCUT2D eigenvalue weighted by molar-refractivity contribution is 7.89. The van der Waals surface area contributed by atoms with Gasteiger partial charge in [0.15, 0.2) is 0 Å². The molecule has 0 atom stereocenters. The monoisotopic (exact) mass is 328 g/mol. The van der Waals surface area contributed by atoms with Crippen molar-refractivity contribution >= 4 is 15.9 Å². The molecule has 0 aromatic heterocycles. The zero-order chi connectivity index (χ0) is 16.6. The largest absolute Gasteiger partial charge is 0.494 e. The predicted octanol–water partition coefficient (Wildman–Crippen LogP) is 1.62. The van der Waals surface area contributed by atoms with E-state index in [0.29, 0.717) is 25.4 Å². The Hall–Kier alpha value is -1.60. The van der Waals surface area contributed by atoms with Gasteiger partial charge in [-0.15, -0.1) is 0 Å². The molecule has 0 saturated heterocycles. The third-order valence-corrected chi connectivity index (χ3v) is 4.67. The average molecular weight is 328 g/mol. The molecule has 1 N–H and O–H groups in total. The summed E-state index contributed by atoms with van der Waals surface area (Å²) in [6.45, 7) is 7.51. The van der Waals surface area contributed by atoms with Crippen molar-refractivity contribution < 1.29 is 17.9 Å². The van der Waals surface area contributed by atoms with E-state index in [9.17, 15) is 13.2 Å². The van der Waals surface area contributed by atoms with Gasteiger partial charge in [-0.3, -0.25) is 4.79 Å². The molecule has 0 heterocycles. The van der Waals surface area contributed by atoms with Crippen molar-refractivity contribution in [2.75, 3.05) is 26.2 Å². The fraction of sp³-hybridized carbons (Fsp3) is 0.533. The number of hydrogen-bond acceptors (Lipinski definition) is 4. The average Bonchev–Trinajstić information content (AvgIpc) is 2.49. The van der Waals surface area contributed by atoms with Crippen LogP contribution in [0, 0.1) is 0 Å². The van der Waals surface area contributed by atoms with E-state index >= 15 is 0 Å². The van der Waals surface area contributed by atoms with E-state index in [1.54, 1.807) is 17.0 Å². The standard InChI is InChI=1S/C15H24N2O4S/c1-4-17(5-2)15(18)11-12-16-22(19,20)14-9-7-13(8-10-14)21-6-3/h7-10,16H,4-6,11-12H2,1-3H3. The number of nitrogens with zero attached hydrogens (tertiary/aromatic N) is 1. The maximum atomic E-state index is 12.1. The molecular weight excluding hydrogens is 304 g/mol. The quantitative estimate of drug-likeness (QED) is 0.747. The number of ether oxygens (including phenoxy) is 1. The molecule has 0 radical (unpaired) electrons. The van der Waals surface area contributed by atoms with Crippen LogP contribution in [0.1, 0.15) is 27.2 Å². The fourth-order valence-corrected chi connectivity index (χ4v) is 3.02. The summed E-state index contributed by atoms with van der Waals surface area (Å²) in [4.78, 5) is 13.6. The lowest BCUT2D eigenvalue weighted by atomic mass is 10.3. The predicted molar refractivity (Wildman–Crippen MR) is 85.3 cm³/mol. The summed E-state index contributed by atoms with van der Waals surface area (Å²) in [5.74, 6) is 0.567. The van der Waals surface area contributed by atoms with Crippen molar-refractivity contribution in [1.29, 1.82) is 0 Å². The van der Waals surface area contributed by atoms with Gasteiger partial charge in [-0.1, -0.05) is 0 Å². The summed E-state index contributed by atoms with van der Waals surface area (Å²) in [6.07, 6.45) is 0.151. The second kappa shape index (κ2) is 8.75. The molecule has 0 aliphatic rings. The van der Waals surface area contributed by atoms with Crippen LogP contribution in [0.3, 0.4) is 0 Å². The second-order valence-electron chi connectivity index (χ2n) is 4.62. The Morgan fingerprint density at radius 1 is 1.14 bits per heavy atom. The summed E-state index contributed by atoms with van der Waals surface area (Å²) >= 11 is 0. The van der Waals surface area contributed by atoms with E-state index in [1.807, 2.05) is 20.8 Å². The van der Waals surface area contributed by atoms with Crippen LogP contribution in [-0.2, 0) is 14.8 Å². The van der Waals surface area contributed by atoms with E-state index in [0.717, 1.165) is 0 Å². The van der Waals surface area contributed by atoms with E-state index in [4.69, 9.17) is 4.74 Å². The van der Waals surface area contributed by atoms with Crippen LogP contribution in [0.15, 0.2) is 29.2 Å². The molecule has 1 aromatic rings. The molecule has 1 aromatic carbocycles. The van der Waals surface area contributed by atoms with Crippen LogP contribution in [0.2, 0.25) is 0 Å². The Morgan fingerprint density at radius 3 is 2.23 bits per heavy atom. The third-order valence-electron chi connectivity index (χ3n) is 3.19. The number of amides is 1. The Bertz CT molecular complexity index is 566. The molecule has 0 saturated carbocycles. The summed E-state index contributed by atoms with van der Waals surface area (Å²) in [6, 6.07) is 6.19. The Morgan fingerprint density at radius 2 is 1.73 bits per heavy atom. The van der Waals surface area contributed by atoms with Crippen molar-refractivity contribution in [1.82, 2.24) is 9.62 Å². The number of carbonyl (C=O) groups is 1. The van der Waals surface area contributed by atoms with Crippen molar-refractivity contribution in [2.24, 2.45) is 0 Å². The van der Waals surface area contributed by atoms with Crippen LogP contribution in [0.25, 0.3) is 0 Å². The molecule has 1 amide bonds. The summed E-state index contributed by atoms with van der Waals surface area (Å²) in [7, 11) is -3.60. The van der Waals surface area contributed by atoms with Gasteiger partial charge in [-0.05, 0) is 45.0 Å². The number of sulfonamides is 1. The Balaban J connectivity index is 2.58. The number of rotatable bonds is 9. The van der Waals surface area contributed by atoms with Gasteiger partial charge >= 0.3 is 0 Å². The molecule has 0 aliphatic carbocycles. The highest BCUT2D eigenvalue weighted by Crippen LogP contribution is 2.15. The number of carbonyl (C=O) groups excluding carboxylic acids is 1. The minimum absolute atomic E-state index is 0.0561. The van der Waals surface area contributed by atoms with Gasteiger partial charge in [0.05, 0.1) is 11.5 Å². The maximum Gasteiger partial charge on any atom is 0.240 e. The minimum Gasteiger partial charge on any atom is -0.494 e. The zero-order valence-corrected chi connectivity index (χ0v) is 14.1. The minimum atomic E-state index is -3.60. The number of nitrogens with one attached hydrogen (secondary N) is 1. The first-order chi connectivity index (χ1) is 10.4. The van der Waals surface area contributed by atoms with Gasteiger partial charge in [0.2, 0.25) is 15.9 Å². The molecule has 0 bridgehead atoms. The highest BCUT2D eigenvalue weighted by atomic mass is 32.2. The molecule has 0 aliphatic heterocycles. The molecule has 0 fully saturated rings. The van der Waals surface area contributed by atoms with Crippen molar-refractivity contribution in [2.45, 2.75) is 32.1 Å². The lowest BCUT2D eigenvalue weighted by Gasteiger charge is -2.18. The summed E-state index contributed by atoms with van der Waals surface area (Å²) < 4.78 is 31.9. The van der Waals surface area contributed by atoms with Crippen molar-refractivity contribution in [3.63, 3.8) is 0 Å². The fourth-order valence-electron chi connectivity index (χ4n) is 1.99. The van der Waals surface area contributed by atoms with Gasteiger partial charge in [-0.25, -0.2) is 13.1 Å². The third kappa shape index (κ3) is 5.31. The second-order valence-corrected chi connectivity index (χ2v) is 6.39. The van der Waals surface area contributed by atoms with Crippen molar-refractivity contribution in [3.8, 4) is 5.75 Å². The highest BCUT2D eigenvalue weighted by Gasteiger charge is 2.15. The lowest BCUT2D eigenvalue weighted by Crippen LogP contribution is -2.34. The SMILES string of the molecule is CCOc1ccc(S(=O)(=O)NCCC(=O)N(CC)CC)cc1. The Kier molecular flexibility index (Phi) is 7.34. The topological polar surface area (TPSA) is 75.7 Å². The van der Waals surface area contributed by atoms with Gasteiger partial charge in [-0.2, -0.15) is 0 Å². The van der Waals surface area contributed by atoms with E-state index in [-0.39, 0.29) is 23.8 Å². The van der Waals surface area contributed by atoms with Crippen LogP contribution in [-0.4, -0.2) is 45.5 Å². The normalized spacial score (nSPS) is 11.2. The lowest BCUT2D eigenvalue weighted by molar-refractivity contribution is -0.130. The molecular formula is C15H24N2O4S.